The molecule has 0 saturated carbocycles. The zero-order chi connectivity index (χ0) is 12.8. The number of amides is 1. The molecule has 0 fully saturated rings. The molecule has 1 rings (SSSR count). The first-order valence-corrected chi connectivity index (χ1v) is 5.79. The fourth-order valence-electron chi connectivity index (χ4n) is 1.71. The number of alkyl carbamates (subject to hydrolysis) is 1. The first kappa shape index (κ1) is 13.5. The van der Waals surface area contributed by atoms with E-state index in [1.807, 2.05) is 32.0 Å². The van der Waals surface area contributed by atoms with E-state index in [1.54, 1.807) is 6.92 Å². The average Bonchev–Trinajstić information content (AvgIpc) is 2.30. The van der Waals surface area contributed by atoms with Gasteiger partial charge in [-0.1, -0.05) is 23.8 Å². The minimum Gasteiger partial charge on any atom is -0.450 e. The van der Waals surface area contributed by atoms with E-state index in [4.69, 9.17) is 10.5 Å². The second kappa shape index (κ2) is 6.25. The summed E-state index contributed by atoms with van der Waals surface area (Å²) in [6, 6.07) is 5.91. The number of nitrogens with one attached hydrogen (secondary N) is 1. The van der Waals surface area contributed by atoms with Crippen LogP contribution in [0.25, 0.3) is 0 Å². The summed E-state index contributed by atoms with van der Waals surface area (Å²) in [4.78, 5) is 11.4. The van der Waals surface area contributed by atoms with Gasteiger partial charge in [-0.05, 0) is 31.9 Å². The molecule has 3 N–H and O–H groups in total. The van der Waals surface area contributed by atoms with Gasteiger partial charge in [-0.2, -0.15) is 0 Å². The maximum Gasteiger partial charge on any atom is 0.407 e. The Morgan fingerprint density at radius 1 is 1.47 bits per heavy atom. The standard InChI is InChI=1S/C13H20N2O2/c1-4-17-13(16)15-12(8-14)11-7-9(2)5-6-10(11)3/h5-7,12H,4,8,14H2,1-3H3,(H,15,16). The molecule has 4 heteroatoms. The fraction of sp³-hybridized carbons (Fsp3) is 0.462. The van der Waals surface area contributed by atoms with Crippen LogP contribution in [-0.4, -0.2) is 19.2 Å². The van der Waals surface area contributed by atoms with Crippen LogP contribution in [0.5, 0.6) is 0 Å². The number of carbonyl (C=O) groups excluding carboxylic acids is 1. The Labute approximate surface area is 102 Å². The summed E-state index contributed by atoms with van der Waals surface area (Å²) < 4.78 is 4.86. The van der Waals surface area contributed by atoms with Crippen molar-refractivity contribution in [3.63, 3.8) is 0 Å². The van der Waals surface area contributed by atoms with Crippen LogP contribution < -0.4 is 11.1 Å². The summed E-state index contributed by atoms with van der Waals surface area (Å²) in [6.45, 7) is 6.50. The summed E-state index contributed by atoms with van der Waals surface area (Å²) in [5, 5.41) is 2.77. The smallest absolute Gasteiger partial charge is 0.407 e. The van der Waals surface area contributed by atoms with Crippen molar-refractivity contribution in [3.05, 3.63) is 34.9 Å². The molecule has 0 heterocycles. The maximum atomic E-state index is 11.4. The molecule has 1 amide bonds. The molecule has 0 spiro atoms. The molecule has 4 nitrogen and oxygen atoms in total. The monoisotopic (exact) mass is 236 g/mol. The highest BCUT2D eigenvalue weighted by Gasteiger charge is 2.15. The van der Waals surface area contributed by atoms with Crippen molar-refractivity contribution in [2.24, 2.45) is 5.73 Å². The number of nitrogens with two attached hydrogens (primary N) is 1. The van der Waals surface area contributed by atoms with Crippen LogP contribution in [0.2, 0.25) is 0 Å². The summed E-state index contributed by atoms with van der Waals surface area (Å²) in [7, 11) is 0. The Morgan fingerprint density at radius 3 is 2.76 bits per heavy atom. The Balaban J connectivity index is 2.85. The van der Waals surface area contributed by atoms with Gasteiger partial charge in [0.25, 0.3) is 0 Å². The molecular weight excluding hydrogens is 216 g/mol. The van der Waals surface area contributed by atoms with E-state index in [-0.39, 0.29) is 6.04 Å². The summed E-state index contributed by atoms with van der Waals surface area (Å²) in [5.41, 5.74) is 9.00. The molecule has 1 atom stereocenters. The predicted molar refractivity (Wildman–Crippen MR) is 67.9 cm³/mol. The lowest BCUT2D eigenvalue weighted by molar-refractivity contribution is 0.148. The van der Waals surface area contributed by atoms with E-state index >= 15 is 0 Å². The molecule has 1 unspecified atom stereocenters. The lowest BCUT2D eigenvalue weighted by Gasteiger charge is -2.19. The highest BCUT2D eigenvalue weighted by atomic mass is 16.5. The number of rotatable bonds is 4. The van der Waals surface area contributed by atoms with E-state index < -0.39 is 6.09 Å². The van der Waals surface area contributed by atoms with E-state index in [9.17, 15) is 4.79 Å². The molecule has 17 heavy (non-hydrogen) atoms. The molecule has 0 aliphatic rings. The number of benzene rings is 1. The largest absolute Gasteiger partial charge is 0.450 e. The van der Waals surface area contributed by atoms with Gasteiger partial charge in [0, 0.05) is 6.54 Å². The lowest BCUT2D eigenvalue weighted by Crippen LogP contribution is -2.34. The minimum absolute atomic E-state index is 0.200. The van der Waals surface area contributed by atoms with Crippen molar-refractivity contribution in [1.82, 2.24) is 5.32 Å². The van der Waals surface area contributed by atoms with Gasteiger partial charge < -0.3 is 15.8 Å². The third kappa shape index (κ3) is 3.75. The van der Waals surface area contributed by atoms with Crippen LogP contribution in [-0.2, 0) is 4.74 Å². The van der Waals surface area contributed by atoms with Gasteiger partial charge in [0.15, 0.2) is 0 Å². The Hall–Kier alpha value is -1.55. The first-order chi connectivity index (χ1) is 8.08. The molecule has 1 aromatic carbocycles. The predicted octanol–water partition coefficient (Wildman–Crippen LogP) is 2.05. The van der Waals surface area contributed by atoms with Gasteiger partial charge in [0.05, 0.1) is 12.6 Å². The molecule has 0 aromatic heterocycles. The second-order valence-electron chi connectivity index (χ2n) is 4.01. The number of hydrogen-bond donors (Lipinski definition) is 2. The highest BCUT2D eigenvalue weighted by molar-refractivity contribution is 5.68. The summed E-state index contributed by atoms with van der Waals surface area (Å²) in [6.07, 6.45) is -0.427. The Kier molecular flexibility index (Phi) is 4.97. The third-order valence-electron chi connectivity index (χ3n) is 2.61. The SMILES string of the molecule is CCOC(=O)NC(CN)c1cc(C)ccc1C. The molecule has 0 bridgehead atoms. The van der Waals surface area contributed by atoms with E-state index in [0.717, 1.165) is 16.7 Å². The molecule has 1 aromatic rings. The number of aryl methyl sites for hydroxylation is 2. The molecular formula is C13H20N2O2. The molecule has 0 aliphatic carbocycles. The fourth-order valence-corrected chi connectivity index (χ4v) is 1.71. The Bertz CT molecular complexity index is 391. The summed E-state index contributed by atoms with van der Waals surface area (Å²) >= 11 is 0. The van der Waals surface area contributed by atoms with Gasteiger partial charge in [0.2, 0.25) is 0 Å². The van der Waals surface area contributed by atoms with Crippen molar-refractivity contribution in [2.75, 3.05) is 13.2 Å². The molecule has 0 saturated heterocycles. The topological polar surface area (TPSA) is 64.3 Å². The highest BCUT2D eigenvalue weighted by Crippen LogP contribution is 2.18. The van der Waals surface area contributed by atoms with Crippen LogP contribution in [0.4, 0.5) is 4.79 Å². The number of carbonyl (C=O) groups is 1. The van der Waals surface area contributed by atoms with Gasteiger partial charge in [0.1, 0.15) is 0 Å². The van der Waals surface area contributed by atoms with E-state index in [1.165, 1.54) is 0 Å². The normalized spacial score (nSPS) is 12.0. The van der Waals surface area contributed by atoms with Crippen LogP contribution in [0, 0.1) is 13.8 Å². The summed E-state index contributed by atoms with van der Waals surface area (Å²) in [5.74, 6) is 0. The third-order valence-corrected chi connectivity index (χ3v) is 2.61. The van der Waals surface area contributed by atoms with Gasteiger partial charge in [-0.25, -0.2) is 4.79 Å². The zero-order valence-electron chi connectivity index (χ0n) is 10.6. The van der Waals surface area contributed by atoms with E-state index in [0.29, 0.717) is 13.2 Å². The van der Waals surface area contributed by atoms with Crippen LogP contribution in [0.15, 0.2) is 18.2 Å². The van der Waals surface area contributed by atoms with Gasteiger partial charge in [-0.3, -0.25) is 0 Å². The molecule has 94 valence electrons. The second-order valence-corrected chi connectivity index (χ2v) is 4.01. The zero-order valence-corrected chi connectivity index (χ0v) is 10.6. The van der Waals surface area contributed by atoms with Crippen molar-refractivity contribution in [1.29, 1.82) is 0 Å². The molecule has 0 radical (unpaired) electrons. The molecule has 0 aliphatic heterocycles. The minimum atomic E-state index is -0.427. The van der Waals surface area contributed by atoms with Crippen LogP contribution >= 0.6 is 0 Å². The van der Waals surface area contributed by atoms with Crippen molar-refractivity contribution in [2.45, 2.75) is 26.8 Å². The quantitative estimate of drug-likeness (QED) is 0.841. The van der Waals surface area contributed by atoms with Crippen LogP contribution in [0.1, 0.15) is 29.7 Å². The van der Waals surface area contributed by atoms with Crippen LogP contribution in [0.3, 0.4) is 0 Å². The van der Waals surface area contributed by atoms with Crippen molar-refractivity contribution < 1.29 is 9.53 Å². The Morgan fingerprint density at radius 2 is 2.18 bits per heavy atom. The number of hydrogen-bond acceptors (Lipinski definition) is 3. The maximum absolute atomic E-state index is 11.4. The van der Waals surface area contributed by atoms with E-state index in [2.05, 4.69) is 5.32 Å². The average molecular weight is 236 g/mol. The van der Waals surface area contributed by atoms with Crippen molar-refractivity contribution >= 4 is 6.09 Å². The lowest BCUT2D eigenvalue weighted by atomic mass is 9.99. The number of ether oxygens (including phenoxy) is 1. The van der Waals surface area contributed by atoms with Gasteiger partial charge in [-0.15, -0.1) is 0 Å². The van der Waals surface area contributed by atoms with Crippen molar-refractivity contribution in [3.8, 4) is 0 Å². The van der Waals surface area contributed by atoms with Gasteiger partial charge >= 0.3 is 6.09 Å². The first-order valence-electron chi connectivity index (χ1n) is 5.79.